The van der Waals surface area contributed by atoms with Crippen LogP contribution in [-0.2, 0) is 37.0 Å². The number of rotatable bonds is 6. The van der Waals surface area contributed by atoms with Crippen molar-refractivity contribution >= 4 is 5.91 Å². The van der Waals surface area contributed by atoms with Crippen molar-refractivity contribution in [1.82, 2.24) is 20.1 Å². The molecule has 2 aromatic rings. The summed E-state index contributed by atoms with van der Waals surface area (Å²) in [6.07, 6.45) is 6.33. The average Bonchev–Trinajstić information content (AvgIpc) is 3.30. The lowest BCUT2D eigenvalue weighted by molar-refractivity contribution is -0.123. The monoisotopic (exact) mass is 326 g/mol. The van der Waals surface area contributed by atoms with E-state index in [9.17, 15) is 4.79 Å². The minimum Gasteiger partial charge on any atom is -0.484 e. The van der Waals surface area contributed by atoms with Gasteiger partial charge in [0.1, 0.15) is 17.4 Å². The fourth-order valence-corrected chi connectivity index (χ4v) is 3.55. The summed E-state index contributed by atoms with van der Waals surface area (Å²) >= 11 is 0. The number of carbonyl (C=O) groups excluding carboxylic acids is 1. The van der Waals surface area contributed by atoms with E-state index in [4.69, 9.17) is 4.74 Å². The van der Waals surface area contributed by atoms with Gasteiger partial charge in [-0.05, 0) is 48.9 Å². The van der Waals surface area contributed by atoms with Crippen molar-refractivity contribution in [3.8, 4) is 5.75 Å². The molecule has 6 heteroatoms. The predicted octanol–water partition coefficient (Wildman–Crippen LogP) is 1.45. The van der Waals surface area contributed by atoms with Gasteiger partial charge in [0.15, 0.2) is 6.61 Å². The van der Waals surface area contributed by atoms with E-state index in [1.807, 2.05) is 6.07 Å². The molecule has 1 aliphatic heterocycles. The van der Waals surface area contributed by atoms with Crippen LogP contribution >= 0.6 is 0 Å². The van der Waals surface area contributed by atoms with Crippen LogP contribution in [0, 0.1) is 0 Å². The Hall–Kier alpha value is -2.37. The van der Waals surface area contributed by atoms with E-state index in [2.05, 4.69) is 32.2 Å². The Kier molecular flexibility index (Phi) is 4.19. The zero-order chi connectivity index (χ0) is 16.4. The quantitative estimate of drug-likeness (QED) is 0.872. The van der Waals surface area contributed by atoms with E-state index >= 15 is 0 Å². The zero-order valence-electron chi connectivity index (χ0n) is 13.8. The molecule has 24 heavy (non-hydrogen) atoms. The highest BCUT2D eigenvalue weighted by Crippen LogP contribution is 2.25. The summed E-state index contributed by atoms with van der Waals surface area (Å²) in [5, 5.41) is 11.3. The minimum atomic E-state index is -0.100. The van der Waals surface area contributed by atoms with Crippen LogP contribution in [0.5, 0.6) is 5.75 Å². The largest absolute Gasteiger partial charge is 0.484 e. The van der Waals surface area contributed by atoms with Gasteiger partial charge in [-0.1, -0.05) is 6.07 Å². The number of ether oxygens (including phenoxy) is 1. The molecule has 0 spiro atoms. The van der Waals surface area contributed by atoms with E-state index in [1.165, 1.54) is 17.5 Å². The van der Waals surface area contributed by atoms with Crippen molar-refractivity contribution in [2.75, 3.05) is 13.2 Å². The lowest BCUT2D eigenvalue weighted by Gasteiger charge is -2.09. The molecule has 126 valence electrons. The lowest BCUT2D eigenvalue weighted by atomic mass is 10.1. The van der Waals surface area contributed by atoms with Crippen LogP contribution < -0.4 is 10.1 Å². The smallest absolute Gasteiger partial charge is 0.257 e. The maximum Gasteiger partial charge on any atom is 0.257 e. The van der Waals surface area contributed by atoms with Gasteiger partial charge in [0.25, 0.3) is 5.91 Å². The number of hydrogen-bond donors (Lipinski definition) is 1. The normalized spacial score (nSPS) is 15.2. The molecule has 0 atom stereocenters. The van der Waals surface area contributed by atoms with Gasteiger partial charge in [0.05, 0.1) is 0 Å². The van der Waals surface area contributed by atoms with Gasteiger partial charge in [0.2, 0.25) is 0 Å². The summed E-state index contributed by atoms with van der Waals surface area (Å²) in [6, 6.07) is 6.13. The first kappa shape index (κ1) is 15.2. The summed E-state index contributed by atoms with van der Waals surface area (Å²) < 4.78 is 7.77. The standard InChI is InChI=1S/C18H22N4O2/c23-18(12-24-15-7-6-13-3-1-4-14(13)11-15)19-9-8-17-21-20-16-5-2-10-22(16)17/h6-7,11H,1-5,8-10,12H2,(H,19,23). The molecule has 2 heterocycles. The molecule has 1 aromatic heterocycles. The SMILES string of the molecule is O=C(COc1ccc2c(c1)CCC2)NCCc1nnc2n1CCC2. The van der Waals surface area contributed by atoms with Gasteiger partial charge in [-0.25, -0.2) is 0 Å². The van der Waals surface area contributed by atoms with Gasteiger partial charge < -0.3 is 14.6 Å². The molecule has 0 bridgehead atoms. The Morgan fingerprint density at radius 2 is 2.08 bits per heavy atom. The van der Waals surface area contributed by atoms with Gasteiger partial charge >= 0.3 is 0 Å². The molecule has 0 saturated heterocycles. The van der Waals surface area contributed by atoms with Gasteiger partial charge in [0, 0.05) is 25.9 Å². The first-order valence-corrected chi connectivity index (χ1v) is 8.72. The van der Waals surface area contributed by atoms with Crippen LogP contribution in [0.1, 0.15) is 35.6 Å². The Bertz CT molecular complexity index is 753. The second kappa shape index (κ2) is 6.63. The highest BCUT2D eigenvalue weighted by molar-refractivity contribution is 5.77. The second-order valence-electron chi connectivity index (χ2n) is 6.46. The molecule has 1 aliphatic carbocycles. The number of aromatic nitrogens is 3. The average molecular weight is 326 g/mol. The third kappa shape index (κ3) is 3.13. The summed E-state index contributed by atoms with van der Waals surface area (Å²) in [6.45, 7) is 1.61. The zero-order valence-corrected chi connectivity index (χ0v) is 13.8. The fraction of sp³-hybridized carbons (Fsp3) is 0.500. The molecule has 1 amide bonds. The van der Waals surface area contributed by atoms with Crippen molar-refractivity contribution in [3.63, 3.8) is 0 Å². The van der Waals surface area contributed by atoms with Gasteiger partial charge in [-0.2, -0.15) is 0 Å². The molecule has 0 unspecified atom stereocenters. The first-order valence-electron chi connectivity index (χ1n) is 8.72. The fourth-order valence-electron chi connectivity index (χ4n) is 3.55. The van der Waals surface area contributed by atoms with Crippen LogP contribution in [-0.4, -0.2) is 33.8 Å². The number of hydrogen-bond acceptors (Lipinski definition) is 4. The minimum absolute atomic E-state index is 0.0523. The predicted molar refractivity (Wildman–Crippen MR) is 89.0 cm³/mol. The molecule has 4 rings (SSSR count). The number of fused-ring (bicyclic) bond motifs is 2. The number of benzene rings is 1. The molecule has 1 aromatic carbocycles. The molecule has 2 aliphatic rings. The van der Waals surface area contributed by atoms with Gasteiger partial charge in [-0.3, -0.25) is 4.79 Å². The van der Waals surface area contributed by atoms with Crippen LogP contribution in [0.4, 0.5) is 0 Å². The van der Waals surface area contributed by atoms with Crippen LogP contribution in [0.25, 0.3) is 0 Å². The van der Waals surface area contributed by atoms with Crippen molar-refractivity contribution in [2.24, 2.45) is 0 Å². The Labute approximate surface area is 141 Å². The number of aryl methyl sites for hydroxylation is 3. The van der Waals surface area contributed by atoms with E-state index in [-0.39, 0.29) is 12.5 Å². The van der Waals surface area contributed by atoms with E-state index in [0.29, 0.717) is 13.0 Å². The van der Waals surface area contributed by atoms with Crippen LogP contribution in [0.3, 0.4) is 0 Å². The maximum atomic E-state index is 11.9. The number of nitrogens with zero attached hydrogens (tertiary/aromatic N) is 3. The van der Waals surface area contributed by atoms with Crippen molar-refractivity contribution in [2.45, 2.75) is 45.1 Å². The Balaban J connectivity index is 1.22. The summed E-state index contributed by atoms with van der Waals surface area (Å²) in [7, 11) is 0. The lowest BCUT2D eigenvalue weighted by Crippen LogP contribution is -2.31. The van der Waals surface area contributed by atoms with E-state index in [1.54, 1.807) is 0 Å². The molecular formula is C18H22N4O2. The van der Waals surface area contributed by atoms with Gasteiger partial charge in [-0.15, -0.1) is 10.2 Å². The maximum absolute atomic E-state index is 11.9. The van der Waals surface area contributed by atoms with E-state index in [0.717, 1.165) is 49.6 Å². The molecular weight excluding hydrogens is 304 g/mol. The number of nitrogens with one attached hydrogen (secondary N) is 1. The van der Waals surface area contributed by atoms with E-state index < -0.39 is 0 Å². The van der Waals surface area contributed by atoms with Crippen LogP contribution in [0.15, 0.2) is 18.2 Å². The highest BCUT2D eigenvalue weighted by Gasteiger charge is 2.17. The third-order valence-electron chi connectivity index (χ3n) is 4.80. The topological polar surface area (TPSA) is 69.0 Å². The molecule has 1 N–H and O–H groups in total. The van der Waals surface area contributed by atoms with Crippen molar-refractivity contribution in [1.29, 1.82) is 0 Å². The summed E-state index contributed by atoms with van der Waals surface area (Å²) in [4.78, 5) is 11.9. The summed E-state index contributed by atoms with van der Waals surface area (Å²) in [5.41, 5.74) is 2.77. The highest BCUT2D eigenvalue weighted by atomic mass is 16.5. The molecule has 0 saturated carbocycles. The first-order chi connectivity index (χ1) is 11.8. The molecule has 0 radical (unpaired) electrons. The number of carbonyl (C=O) groups is 1. The Morgan fingerprint density at radius 1 is 1.17 bits per heavy atom. The Morgan fingerprint density at radius 3 is 3.04 bits per heavy atom. The summed E-state index contributed by atoms with van der Waals surface area (Å²) in [5.74, 6) is 2.70. The third-order valence-corrected chi connectivity index (χ3v) is 4.80. The molecule has 0 fully saturated rings. The number of amides is 1. The van der Waals surface area contributed by atoms with Crippen molar-refractivity contribution in [3.05, 3.63) is 41.0 Å². The molecule has 6 nitrogen and oxygen atoms in total. The van der Waals surface area contributed by atoms with Crippen molar-refractivity contribution < 1.29 is 9.53 Å². The second-order valence-corrected chi connectivity index (χ2v) is 6.46. The van der Waals surface area contributed by atoms with Crippen LogP contribution in [0.2, 0.25) is 0 Å².